The fraction of sp³-hybridized carbons (Fsp3) is 0.136. The predicted molar refractivity (Wildman–Crippen MR) is 111 cm³/mol. The molecule has 29 heavy (non-hydrogen) atoms. The van der Waals surface area contributed by atoms with Gasteiger partial charge in [0, 0.05) is 36.8 Å². The summed E-state index contributed by atoms with van der Waals surface area (Å²) < 4.78 is 5.47. The number of aromatic amines is 1. The van der Waals surface area contributed by atoms with Crippen molar-refractivity contribution < 1.29 is 14.6 Å². The Morgan fingerprint density at radius 3 is 2.66 bits per heavy atom. The number of nitrogens with one attached hydrogen (secondary N) is 1. The Morgan fingerprint density at radius 1 is 1.10 bits per heavy atom. The number of para-hydroxylation sites is 1. The Hall–Kier alpha value is -3.87. The van der Waals surface area contributed by atoms with Gasteiger partial charge in [0.25, 0.3) is 5.91 Å². The summed E-state index contributed by atoms with van der Waals surface area (Å²) in [6.07, 6.45) is 1.71. The number of methoxy groups -OCH3 is 1. The molecule has 4 aromatic rings. The highest BCUT2D eigenvalue weighted by molar-refractivity contribution is 5.99. The molecule has 7 nitrogen and oxygen atoms in total. The van der Waals surface area contributed by atoms with E-state index in [1.54, 1.807) is 39.5 Å². The number of aromatic nitrogens is 3. The van der Waals surface area contributed by atoms with Gasteiger partial charge in [0.1, 0.15) is 17.2 Å². The molecule has 2 heterocycles. The molecule has 0 aliphatic carbocycles. The zero-order valence-electron chi connectivity index (χ0n) is 16.3. The van der Waals surface area contributed by atoms with Gasteiger partial charge in [-0.2, -0.15) is 5.10 Å². The van der Waals surface area contributed by atoms with Crippen molar-refractivity contribution >= 4 is 16.9 Å². The normalized spacial score (nSPS) is 10.9. The number of rotatable bonds is 4. The molecule has 1 amide bonds. The number of carbonyl (C=O) groups excluding carboxylic acids is 1. The van der Waals surface area contributed by atoms with Gasteiger partial charge in [0.15, 0.2) is 5.65 Å². The van der Waals surface area contributed by atoms with Gasteiger partial charge < -0.3 is 14.7 Å². The first-order valence-corrected chi connectivity index (χ1v) is 9.02. The first kappa shape index (κ1) is 18.5. The van der Waals surface area contributed by atoms with Gasteiger partial charge in [-0.1, -0.05) is 18.2 Å². The Balaban J connectivity index is 1.85. The minimum absolute atomic E-state index is 0.0560. The summed E-state index contributed by atoms with van der Waals surface area (Å²) in [5.41, 5.74) is 4.06. The predicted octanol–water partition coefficient (Wildman–Crippen LogP) is 3.71. The van der Waals surface area contributed by atoms with Crippen molar-refractivity contribution in [2.24, 2.45) is 0 Å². The van der Waals surface area contributed by atoms with Crippen LogP contribution in [0.25, 0.3) is 33.4 Å². The molecule has 0 saturated heterocycles. The van der Waals surface area contributed by atoms with Gasteiger partial charge >= 0.3 is 0 Å². The third kappa shape index (κ3) is 3.27. The van der Waals surface area contributed by atoms with E-state index >= 15 is 0 Å². The van der Waals surface area contributed by atoms with E-state index in [4.69, 9.17) is 4.74 Å². The van der Waals surface area contributed by atoms with E-state index < -0.39 is 0 Å². The van der Waals surface area contributed by atoms with Crippen LogP contribution >= 0.6 is 0 Å². The van der Waals surface area contributed by atoms with Crippen LogP contribution in [0.3, 0.4) is 0 Å². The summed E-state index contributed by atoms with van der Waals surface area (Å²) in [6.45, 7) is 0. The number of ether oxygens (including phenoxy) is 1. The number of hydrogen-bond donors (Lipinski definition) is 2. The molecule has 146 valence electrons. The molecule has 2 aromatic heterocycles. The number of phenols is 1. The maximum absolute atomic E-state index is 12.4. The molecule has 0 unspecified atom stereocenters. The minimum Gasteiger partial charge on any atom is -0.507 e. The fourth-order valence-corrected chi connectivity index (χ4v) is 3.23. The van der Waals surface area contributed by atoms with Crippen LogP contribution in [0.1, 0.15) is 10.4 Å². The second kappa shape index (κ2) is 7.27. The van der Waals surface area contributed by atoms with Crippen LogP contribution in [0.5, 0.6) is 11.5 Å². The minimum atomic E-state index is -0.267. The van der Waals surface area contributed by atoms with Gasteiger partial charge in [-0.3, -0.25) is 9.89 Å². The maximum atomic E-state index is 12.4. The fourth-order valence-electron chi connectivity index (χ4n) is 3.23. The molecule has 0 radical (unpaired) electrons. The van der Waals surface area contributed by atoms with Crippen LogP contribution in [0.2, 0.25) is 0 Å². The van der Waals surface area contributed by atoms with Crippen molar-refractivity contribution in [1.82, 2.24) is 20.1 Å². The van der Waals surface area contributed by atoms with Gasteiger partial charge in [-0.15, -0.1) is 0 Å². The van der Waals surface area contributed by atoms with E-state index in [0.717, 1.165) is 33.5 Å². The molecule has 0 fully saturated rings. The first-order chi connectivity index (χ1) is 14.0. The molecule has 0 spiro atoms. The molecule has 2 N–H and O–H groups in total. The largest absolute Gasteiger partial charge is 0.507 e. The zero-order valence-corrected chi connectivity index (χ0v) is 16.3. The maximum Gasteiger partial charge on any atom is 0.257 e. The van der Waals surface area contributed by atoms with Crippen molar-refractivity contribution in [3.05, 3.63) is 60.3 Å². The van der Waals surface area contributed by atoms with E-state index in [1.807, 2.05) is 30.3 Å². The molecular formula is C22H20N4O3. The lowest BCUT2D eigenvalue weighted by Crippen LogP contribution is -2.21. The summed E-state index contributed by atoms with van der Waals surface area (Å²) in [5.74, 6) is 0.394. The molecule has 4 rings (SSSR count). The third-order valence-corrected chi connectivity index (χ3v) is 4.74. The van der Waals surface area contributed by atoms with Crippen molar-refractivity contribution in [3.63, 3.8) is 0 Å². The van der Waals surface area contributed by atoms with E-state index in [9.17, 15) is 9.90 Å². The number of phenolic OH excluding ortho intramolecular Hbond substituents is 1. The number of aromatic hydroxyl groups is 1. The first-order valence-electron chi connectivity index (χ1n) is 9.02. The quantitative estimate of drug-likeness (QED) is 0.556. The zero-order chi connectivity index (χ0) is 20.5. The molecule has 0 saturated carbocycles. The lowest BCUT2D eigenvalue weighted by Gasteiger charge is -2.13. The smallest absolute Gasteiger partial charge is 0.257 e. The number of nitrogens with zero attached hydrogens (tertiary/aromatic N) is 3. The van der Waals surface area contributed by atoms with Crippen LogP contribution in [0, 0.1) is 0 Å². The molecule has 0 aliphatic rings. The second-order valence-corrected chi connectivity index (χ2v) is 6.82. The standard InChI is InChI=1S/C22H20N4O3/c1-26(2)22(28)16-10-13(8-9-18(16)27)14-11-17-20(24-25-21(17)23-12-14)15-6-4-5-7-19(15)29-3/h4-12,27H,1-3H3,(H,23,24,25). The molecule has 0 bridgehead atoms. The Bertz CT molecular complexity index is 1210. The van der Waals surface area contributed by atoms with E-state index in [1.165, 1.54) is 11.0 Å². The monoisotopic (exact) mass is 388 g/mol. The molecule has 7 heteroatoms. The highest BCUT2D eigenvalue weighted by Crippen LogP contribution is 2.35. The van der Waals surface area contributed by atoms with Crippen LogP contribution in [-0.4, -0.2) is 52.3 Å². The number of H-pyrrole nitrogens is 1. The number of hydrogen-bond acceptors (Lipinski definition) is 5. The average Bonchev–Trinajstić information content (AvgIpc) is 3.16. The highest BCUT2D eigenvalue weighted by atomic mass is 16.5. The average molecular weight is 388 g/mol. The number of benzene rings is 2. The lowest BCUT2D eigenvalue weighted by atomic mass is 10.0. The molecule has 0 aliphatic heterocycles. The summed E-state index contributed by atoms with van der Waals surface area (Å²) in [4.78, 5) is 18.3. The van der Waals surface area contributed by atoms with Crippen LogP contribution < -0.4 is 4.74 Å². The number of fused-ring (bicyclic) bond motifs is 1. The Kier molecular flexibility index (Phi) is 4.64. The van der Waals surface area contributed by atoms with Gasteiger partial charge in [0.2, 0.25) is 0 Å². The van der Waals surface area contributed by atoms with E-state index in [0.29, 0.717) is 5.65 Å². The van der Waals surface area contributed by atoms with Gasteiger partial charge in [-0.25, -0.2) is 4.98 Å². The summed E-state index contributed by atoms with van der Waals surface area (Å²) >= 11 is 0. The number of amides is 1. The molecule has 2 aromatic carbocycles. The van der Waals surface area contributed by atoms with Crippen LogP contribution in [-0.2, 0) is 0 Å². The number of carbonyl (C=O) groups is 1. The summed E-state index contributed by atoms with van der Waals surface area (Å²) in [5, 5.41) is 18.3. The molecule has 0 atom stereocenters. The van der Waals surface area contributed by atoms with Gasteiger partial charge in [-0.05, 0) is 35.9 Å². The van der Waals surface area contributed by atoms with Crippen LogP contribution in [0.15, 0.2) is 54.7 Å². The Labute approximate surface area is 167 Å². The SMILES string of the molecule is COc1ccccc1-c1n[nH]c2ncc(-c3ccc(O)c(C(=O)N(C)C)c3)cc12. The van der Waals surface area contributed by atoms with E-state index in [-0.39, 0.29) is 17.2 Å². The van der Waals surface area contributed by atoms with E-state index in [2.05, 4.69) is 15.2 Å². The van der Waals surface area contributed by atoms with Gasteiger partial charge in [0.05, 0.1) is 12.7 Å². The van der Waals surface area contributed by atoms with Crippen molar-refractivity contribution in [3.8, 4) is 33.9 Å². The Morgan fingerprint density at radius 2 is 1.90 bits per heavy atom. The van der Waals surface area contributed by atoms with Crippen molar-refractivity contribution in [1.29, 1.82) is 0 Å². The van der Waals surface area contributed by atoms with Crippen molar-refractivity contribution in [2.45, 2.75) is 0 Å². The topological polar surface area (TPSA) is 91.3 Å². The number of pyridine rings is 1. The third-order valence-electron chi connectivity index (χ3n) is 4.74. The van der Waals surface area contributed by atoms with Crippen LogP contribution in [0.4, 0.5) is 0 Å². The van der Waals surface area contributed by atoms with Crippen molar-refractivity contribution in [2.75, 3.05) is 21.2 Å². The summed E-state index contributed by atoms with van der Waals surface area (Å²) in [7, 11) is 4.91. The summed E-state index contributed by atoms with van der Waals surface area (Å²) in [6, 6.07) is 14.6. The lowest BCUT2D eigenvalue weighted by molar-refractivity contribution is 0.0824. The molecular weight excluding hydrogens is 368 g/mol. The highest BCUT2D eigenvalue weighted by Gasteiger charge is 2.17. The second-order valence-electron chi connectivity index (χ2n) is 6.82.